The third-order valence-electron chi connectivity index (χ3n) is 4.58. The van der Waals surface area contributed by atoms with E-state index in [4.69, 9.17) is 11.6 Å². The van der Waals surface area contributed by atoms with Crippen molar-refractivity contribution < 1.29 is 14.4 Å². The van der Waals surface area contributed by atoms with Crippen LogP contribution in [-0.2, 0) is 14.4 Å². The van der Waals surface area contributed by atoms with Crippen LogP contribution in [0.3, 0.4) is 0 Å². The predicted octanol–water partition coefficient (Wildman–Crippen LogP) is 1.84. The zero-order chi connectivity index (χ0) is 19.1. The first kappa shape index (κ1) is 20.4. The molecule has 1 heterocycles. The number of carbonyl (C=O) groups excluding carboxylic acids is 3. The van der Waals surface area contributed by atoms with E-state index in [2.05, 4.69) is 16.0 Å². The summed E-state index contributed by atoms with van der Waals surface area (Å²) >= 11 is 6.13. The van der Waals surface area contributed by atoms with Crippen LogP contribution in [0.5, 0.6) is 0 Å². The summed E-state index contributed by atoms with van der Waals surface area (Å²) in [5, 5.41) is 9.66. The minimum atomic E-state index is -0.590. The molecule has 3 N–H and O–H groups in total. The lowest BCUT2D eigenvalue weighted by atomic mass is 9.91. The van der Waals surface area contributed by atoms with E-state index in [9.17, 15) is 14.4 Å². The number of rotatable bonds is 8. The van der Waals surface area contributed by atoms with Crippen molar-refractivity contribution in [2.45, 2.75) is 32.7 Å². The van der Waals surface area contributed by atoms with Gasteiger partial charge in [-0.1, -0.05) is 23.7 Å². The Morgan fingerprint density at radius 1 is 1.31 bits per heavy atom. The normalized spacial score (nSPS) is 18.8. The molecule has 26 heavy (non-hydrogen) atoms. The monoisotopic (exact) mass is 379 g/mol. The number of amides is 2. The molecule has 3 atom stereocenters. The van der Waals surface area contributed by atoms with Gasteiger partial charge in [0.05, 0.1) is 12.0 Å². The molecule has 2 rings (SSSR count). The van der Waals surface area contributed by atoms with Gasteiger partial charge in [-0.2, -0.15) is 0 Å². The molecule has 0 unspecified atom stereocenters. The van der Waals surface area contributed by atoms with Crippen LogP contribution in [0.15, 0.2) is 24.3 Å². The number of hydrogen-bond donors (Lipinski definition) is 3. The maximum absolute atomic E-state index is 12.8. The largest absolute Gasteiger partial charge is 0.356 e. The van der Waals surface area contributed by atoms with Crippen LogP contribution in [0.4, 0.5) is 0 Å². The van der Waals surface area contributed by atoms with Gasteiger partial charge in [0.1, 0.15) is 5.78 Å². The lowest BCUT2D eigenvalue weighted by molar-refractivity contribution is -0.130. The molecule has 2 amide bonds. The SMILES string of the molecule is CC(=O)C[C@H](CNC(C)=O)C(=O)N[C@@H](c1cccc(Cl)c1)[C@@H]1CCNC1. The van der Waals surface area contributed by atoms with Gasteiger partial charge in [-0.25, -0.2) is 0 Å². The van der Waals surface area contributed by atoms with Crippen molar-refractivity contribution in [1.82, 2.24) is 16.0 Å². The second-order valence-electron chi connectivity index (χ2n) is 6.83. The van der Waals surface area contributed by atoms with Crippen molar-refractivity contribution in [2.24, 2.45) is 11.8 Å². The Bertz CT molecular complexity index is 659. The average molecular weight is 380 g/mol. The minimum absolute atomic E-state index is 0.0858. The van der Waals surface area contributed by atoms with Gasteiger partial charge < -0.3 is 20.7 Å². The van der Waals surface area contributed by atoms with Gasteiger partial charge in [-0.15, -0.1) is 0 Å². The number of benzene rings is 1. The first-order valence-electron chi connectivity index (χ1n) is 8.87. The number of ketones is 1. The van der Waals surface area contributed by atoms with Gasteiger partial charge in [-0.3, -0.25) is 9.59 Å². The second kappa shape index (κ2) is 9.69. The second-order valence-corrected chi connectivity index (χ2v) is 7.27. The van der Waals surface area contributed by atoms with Gasteiger partial charge in [-0.05, 0) is 43.5 Å². The lowest BCUT2D eigenvalue weighted by Gasteiger charge is -2.27. The van der Waals surface area contributed by atoms with E-state index in [1.807, 2.05) is 18.2 Å². The van der Waals surface area contributed by atoms with Crippen molar-refractivity contribution >= 4 is 29.2 Å². The first-order chi connectivity index (χ1) is 12.4. The molecule has 1 aliphatic heterocycles. The van der Waals surface area contributed by atoms with Gasteiger partial charge in [0, 0.05) is 31.5 Å². The maximum atomic E-state index is 12.8. The predicted molar refractivity (Wildman–Crippen MR) is 101 cm³/mol. The third-order valence-corrected chi connectivity index (χ3v) is 4.81. The van der Waals surface area contributed by atoms with Gasteiger partial charge in [0.2, 0.25) is 11.8 Å². The quantitative estimate of drug-likeness (QED) is 0.643. The average Bonchev–Trinajstić information content (AvgIpc) is 3.10. The van der Waals surface area contributed by atoms with E-state index >= 15 is 0 Å². The molecule has 1 saturated heterocycles. The molecule has 0 saturated carbocycles. The summed E-state index contributed by atoms with van der Waals surface area (Å²) in [4.78, 5) is 35.6. The zero-order valence-electron chi connectivity index (χ0n) is 15.2. The summed E-state index contributed by atoms with van der Waals surface area (Å²) in [5.41, 5.74) is 0.945. The molecule has 0 radical (unpaired) electrons. The number of Topliss-reactive ketones (excluding diaryl/α,β-unsaturated/α-hetero) is 1. The fourth-order valence-corrected chi connectivity index (χ4v) is 3.48. The Labute approximate surface area is 159 Å². The van der Waals surface area contributed by atoms with E-state index in [0.717, 1.165) is 25.1 Å². The molecular weight excluding hydrogens is 354 g/mol. The molecule has 0 aliphatic carbocycles. The van der Waals surface area contributed by atoms with E-state index in [0.29, 0.717) is 5.02 Å². The first-order valence-corrected chi connectivity index (χ1v) is 9.25. The molecular formula is C19H26ClN3O3. The Morgan fingerprint density at radius 2 is 2.08 bits per heavy atom. The smallest absolute Gasteiger partial charge is 0.225 e. The zero-order valence-corrected chi connectivity index (χ0v) is 15.9. The topological polar surface area (TPSA) is 87.3 Å². The molecule has 7 heteroatoms. The molecule has 0 aromatic heterocycles. The standard InChI is InChI=1S/C19H26ClN3O3/c1-12(24)8-16(11-22-13(2)25)19(26)23-18(15-6-7-21-10-15)14-4-3-5-17(20)9-14/h3-5,9,15-16,18,21H,6-8,10-11H2,1-2H3,(H,22,25)(H,23,26)/t15-,16-,18+/m1/s1. The number of carbonyl (C=O) groups is 3. The summed E-state index contributed by atoms with van der Waals surface area (Å²) < 4.78 is 0. The Kier molecular flexibility index (Phi) is 7.60. The Morgan fingerprint density at radius 3 is 2.65 bits per heavy atom. The maximum Gasteiger partial charge on any atom is 0.225 e. The highest BCUT2D eigenvalue weighted by molar-refractivity contribution is 6.30. The highest BCUT2D eigenvalue weighted by Gasteiger charge is 2.30. The van der Waals surface area contributed by atoms with Crippen molar-refractivity contribution in [3.8, 4) is 0 Å². The van der Waals surface area contributed by atoms with Crippen LogP contribution in [0.1, 0.15) is 38.3 Å². The summed E-state index contributed by atoms with van der Waals surface area (Å²) in [6.45, 7) is 4.69. The van der Waals surface area contributed by atoms with Crippen molar-refractivity contribution in [1.29, 1.82) is 0 Å². The van der Waals surface area contributed by atoms with Gasteiger partial charge in [0.25, 0.3) is 0 Å². The highest BCUT2D eigenvalue weighted by Crippen LogP contribution is 2.29. The molecule has 142 valence electrons. The van der Waals surface area contributed by atoms with E-state index in [1.165, 1.54) is 13.8 Å². The molecule has 6 nitrogen and oxygen atoms in total. The van der Waals surface area contributed by atoms with Crippen LogP contribution in [0, 0.1) is 11.8 Å². The number of nitrogens with one attached hydrogen (secondary N) is 3. The van der Waals surface area contributed by atoms with Crippen LogP contribution >= 0.6 is 11.6 Å². The van der Waals surface area contributed by atoms with Crippen molar-refractivity contribution in [3.63, 3.8) is 0 Å². The van der Waals surface area contributed by atoms with Crippen LogP contribution in [0.2, 0.25) is 5.02 Å². The molecule has 0 bridgehead atoms. The Balaban J connectivity index is 2.17. The number of hydrogen-bond acceptors (Lipinski definition) is 4. The van der Waals surface area contributed by atoms with Crippen LogP contribution in [0.25, 0.3) is 0 Å². The fourth-order valence-electron chi connectivity index (χ4n) is 3.28. The van der Waals surface area contributed by atoms with E-state index in [-0.39, 0.29) is 42.5 Å². The molecule has 1 fully saturated rings. The fraction of sp³-hybridized carbons (Fsp3) is 0.526. The minimum Gasteiger partial charge on any atom is -0.356 e. The summed E-state index contributed by atoms with van der Waals surface area (Å²) in [6.07, 6.45) is 1.04. The van der Waals surface area contributed by atoms with E-state index < -0.39 is 5.92 Å². The molecule has 1 aliphatic rings. The third kappa shape index (κ3) is 6.11. The molecule has 1 aromatic rings. The molecule has 0 spiro atoms. The molecule has 1 aromatic carbocycles. The number of halogens is 1. The highest BCUT2D eigenvalue weighted by atomic mass is 35.5. The summed E-state index contributed by atoms with van der Waals surface area (Å²) in [7, 11) is 0. The van der Waals surface area contributed by atoms with E-state index in [1.54, 1.807) is 6.07 Å². The van der Waals surface area contributed by atoms with Gasteiger partial charge in [0.15, 0.2) is 0 Å². The van der Waals surface area contributed by atoms with Crippen molar-refractivity contribution in [3.05, 3.63) is 34.9 Å². The van der Waals surface area contributed by atoms with Gasteiger partial charge >= 0.3 is 0 Å². The van der Waals surface area contributed by atoms with Crippen LogP contribution < -0.4 is 16.0 Å². The van der Waals surface area contributed by atoms with Crippen molar-refractivity contribution in [2.75, 3.05) is 19.6 Å². The summed E-state index contributed by atoms with van der Waals surface area (Å²) in [5.74, 6) is -0.885. The van der Waals surface area contributed by atoms with Crippen LogP contribution in [-0.4, -0.2) is 37.2 Å². The Hall–Kier alpha value is -1.92. The lowest BCUT2D eigenvalue weighted by Crippen LogP contribution is -2.42. The summed E-state index contributed by atoms with van der Waals surface area (Å²) in [6, 6.07) is 7.28.